The summed E-state index contributed by atoms with van der Waals surface area (Å²) >= 11 is 0. The maximum atomic E-state index is 11.0. The van der Waals surface area contributed by atoms with E-state index >= 15 is 0 Å². The fourth-order valence-corrected chi connectivity index (χ4v) is 2.47. The summed E-state index contributed by atoms with van der Waals surface area (Å²) < 4.78 is 22.5. The van der Waals surface area contributed by atoms with Crippen LogP contribution in [0.4, 0.5) is 8.78 Å². The Balaban J connectivity index is 0.000000583. The number of hydrogen-bond acceptors (Lipinski definition) is 1. The van der Waals surface area contributed by atoms with Gasteiger partial charge in [-0.15, -0.1) is 12.3 Å². The first-order chi connectivity index (χ1) is 13.5. The number of terminal acetylenes is 1. The third-order valence-corrected chi connectivity index (χ3v) is 3.73. The molecule has 3 aromatic rings. The molecule has 4 heteroatoms. The van der Waals surface area contributed by atoms with E-state index < -0.39 is 6.17 Å². The van der Waals surface area contributed by atoms with Crippen LogP contribution in [-0.2, 0) is 6.42 Å². The Labute approximate surface area is 167 Å². The highest BCUT2D eigenvalue weighted by molar-refractivity contribution is 5.62. The van der Waals surface area contributed by atoms with Crippen molar-refractivity contribution in [1.82, 2.24) is 9.78 Å². The molecule has 0 aliphatic carbocycles. The van der Waals surface area contributed by atoms with Crippen molar-refractivity contribution in [1.29, 1.82) is 0 Å². The third kappa shape index (κ3) is 7.36. The fraction of sp³-hybridized carbons (Fsp3) is 0.292. The minimum atomic E-state index is -0.667. The van der Waals surface area contributed by atoms with E-state index in [2.05, 4.69) is 66.5 Å². The van der Waals surface area contributed by atoms with Crippen LogP contribution in [0, 0.1) is 19.3 Å². The lowest BCUT2D eigenvalue weighted by Gasteiger charge is -2.09. The molecule has 0 aliphatic rings. The molecule has 28 heavy (non-hydrogen) atoms. The van der Waals surface area contributed by atoms with Crippen molar-refractivity contribution in [2.75, 3.05) is 7.18 Å². The van der Waals surface area contributed by atoms with Gasteiger partial charge in [-0.25, -0.2) is 9.07 Å². The van der Waals surface area contributed by atoms with Gasteiger partial charge < -0.3 is 0 Å². The van der Waals surface area contributed by atoms with Crippen LogP contribution in [0.5, 0.6) is 0 Å². The summed E-state index contributed by atoms with van der Waals surface area (Å²) in [6.45, 7) is 5.09. The summed E-state index contributed by atoms with van der Waals surface area (Å²) in [5.74, 6) is 2.68. The van der Waals surface area contributed by atoms with Gasteiger partial charge in [0.1, 0.15) is 0 Å². The molecule has 0 unspecified atom stereocenters. The van der Waals surface area contributed by atoms with Crippen LogP contribution in [0.1, 0.15) is 31.4 Å². The summed E-state index contributed by atoms with van der Waals surface area (Å²) in [4.78, 5) is 0. The normalized spacial score (nSPS) is 9.64. The lowest BCUT2D eigenvalue weighted by Crippen LogP contribution is -1.98. The monoisotopic (exact) mass is 382 g/mol. The fourth-order valence-electron chi connectivity index (χ4n) is 2.47. The maximum absolute atomic E-state index is 11.0. The Bertz CT molecular complexity index is 839. The number of hydrogen-bond donors (Lipinski definition) is 0. The molecule has 0 N–H and O–H groups in total. The largest absolute Gasteiger partial charge is 0.255 e. The second-order valence-electron chi connectivity index (χ2n) is 6.38. The zero-order valence-electron chi connectivity index (χ0n) is 17.0. The number of rotatable bonds is 4. The van der Waals surface area contributed by atoms with E-state index in [0.717, 1.165) is 29.8 Å². The highest BCUT2D eigenvalue weighted by Crippen LogP contribution is 2.23. The zero-order chi connectivity index (χ0) is 20.9. The molecule has 0 fully saturated rings. The first-order valence-electron chi connectivity index (χ1n) is 9.17. The van der Waals surface area contributed by atoms with Gasteiger partial charge in [-0.3, -0.25) is 4.39 Å². The summed E-state index contributed by atoms with van der Waals surface area (Å²) in [7, 11) is 0.500. The molecule has 0 bridgehead atoms. The minimum absolute atomic E-state index is 0.500. The second-order valence-corrected chi connectivity index (χ2v) is 6.38. The molecule has 0 atom stereocenters. The van der Waals surface area contributed by atoms with Crippen molar-refractivity contribution >= 4 is 0 Å². The number of aryl methyl sites for hydroxylation is 2. The molecule has 0 spiro atoms. The molecule has 0 saturated heterocycles. The molecule has 0 aliphatic heterocycles. The lowest BCUT2D eigenvalue weighted by molar-refractivity contribution is 0.391. The summed E-state index contributed by atoms with van der Waals surface area (Å²) in [5, 5.41) is 4.45. The van der Waals surface area contributed by atoms with Crippen molar-refractivity contribution in [3.05, 3.63) is 71.9 Å². The molecule has 1 heterocycles. The van der Waals surface area contributed by atoms with Gasteiger partial charge in [0.05, 0.1) is 30.9 Å². The van der Waals surface area contributed by atoms with E-state index in [0.29, 0.717) is 7.18 Å². The van der Waals surface area contributed by atoms with Gasteiger partial charge in [-0.05, 0) is 51.0 Å². The number of halogens is 2. The van der Waals surface area contributed by atoms with Crippen LogP contribution < -0.4 is 0 Å². The highest BCUT2D eigenvalue weighted by Gasteiger charge is 2.07. The first kappa shape index (κ1) is 23.1. The highest BCUT2D eigenvalue weighted by atomic mass is 19.1. The van der Waals surface area contributed by atoms with Crippen molar-refractivity contribution in [3.8, 4) is 29.3 Å². The number of alkyl halides is 2. The van der Waals surface area contributed by atoms with E-state index in [1.54, 1.807) is 0 Å². The van der Waals surface area contributed by atoms with E-state index in [9.17, 15) is 8.78 Å². The van der Waals surface area contributed by atoms with Gasteiger partial charge in [-0.1, -0.05) is 42.0 Å². The number of aromatic nitrogens is 2. The van der Waals surface area contributed by atoms with Crippen LogP contribution >= 0.6 is 0 Å². The molecule has 3 rings (SSSR count). The topological polar surface area (TPSA) is 17.8 Å². The van der Waals surface area contributed by atoms with Gasteiger partial charge in [0.25, 0.3) is 0 Å². The SMILES string of the molecule is C#CCCc1ccc(-c2ccnn2-c2ccc(C)cc2)cc1.CC(C)F.CF. The minimum Gasteiger partial charge on any atom is -0.255 e. The van der Waals surface area contributed by atoms with E-state index in [1.807, 2.05) is 16.9 Å². The average molecular weight is 382 g/mol. The average Bonchev–Trinajstić information content (AvgIpc) is 3.18. The van der Waals surface area contributed by atoms with Gasteiger partial charge in [0, 0.05) is 12.0 Å². The zero-order valence-corrected chi connectivity index (χ0v) is 17.0. The summed E-state index contributed by atoms with van der Waals surface area (Å²) in [6.07, 6.45) is 8.19. The molecule has 148 valence electrons. The molecule has 2 aromatic carbocycles. The maximum Gasteiger partial charge on any atom is 0.0945 e. The first-order valence-corrected chi connectivity index (χ1v) is 9.17. The molecular weight excluding hydrogens is 354 g/mol. The van der Waals surface area contributed by atoms with Crippen LogP contribution in [-0.4, -0.2) is 23.1 Å². The molecular formula is C24H28F2N2. The predicted molar refractivity (Wildman–Crippen MR) is 114 cm³/mol. The number of nitrogens with zero attached hydrogens (tertiary/aromatic N) is 2. The molecule has 0 radical (unpaired) electrons. The Kier molecular flexibility index (Phi) is 10.3. The number of benzene rings is 2. The smallest absolute Gasteiger partial charge is 0.0945 e. The Morgan fingerprint density at radius 3 is 2.11 bits per heavy atom. The van der Waals surface area contributed by atoms with Gasteiger partial charge in [0.15, 0.2) is 0 Å². The van der Waals surface area contributed by atoms with Gasteiger partial charge in [-0.2, -0.15) is 5.10 Å². The van der Waals surface area contributed by atoms with Gasteiger partial charge in [0.2, 0.25) is 0 Å². The molecule has 0 amide bonds. The summed E-state index contributed by atoms with van der Waals surface area (Å²) in [6, 6.07) is 19.0. The van der Waals surface area contributed by atoms with Crippen LogP contribution in [0.15, 0.2) is 60.8 Å². The Morgan fingerprint density at radius 2 is 1.57 bits per heavy atom. The summed E-state index contributed by atoms with van der Waals surface area (Å²) in [5.41, 5.74) is 5.83. The lowest BCUT2D eigenvalue weighted by atomic mass is 10.1. The molecule has 1 aromatic heterocycles. The Hall–Kier alpha value is -2.93. The van der Waals surface area contributed by atoms with E-state index in [4.69, 9.17) is 6.42 Å². The van der Waals surface area contributed by atoms with Crippen molar-refractivity contribution < 1.29 is 8.78 Å². The van der Waals surface area contributed by atoms with Gasteiger partial charge >= 0.3 is 0 Å². The van der Waals surface area contributed by atoms with Crippen molar-refractivity contribution in [3.63, 3.8) is 0 Å². The molecule has 2 nitrogen and oxygen atoms in total. The van der Waals surface area contributed by atoms with Crippen molar-refractivity contribution in [2.45, 2.75) is 39.8 Å². The van der Waals surface area contributed by atoms with E-state index in [1.165, 1.54) is 25.0 Å². The third-order valence-electron chi connectivity index (χ3n) is 3.73. The van der Waals surface area contributed by atoms with E-state index in [-0.39, 0.29) is 0 Å². The standard InChI is InChI=1S/C20H18N2.C3H7F.CH3F/c1-3-4-5-17-8-10-18(11-9-17)20-14-15-21-22(20)19-12-6-16(2)7-13-19;1-3(2)4;1-2/h1,6-15H,4-5H2,2H3;3H,1-2H3;1H3. The van der Waals surface area contributed by atoms with Crippen LogP contribution in [0.25, 0.3) is 16.9 Å². The Morgan fingerprint density at radius 1 is 1.00 bits per heavy atom. The molecule has 0 saturated carbocycles. The predicted octanol–water partition coefficient (Wildman–Crippen LogP) is 6.36. The second kappa shape index (κ2) is 12.5. The van der Waals surface area contributed by atoms with Crippen LogP contribution in [0.3, 0.4) is 0 Å². The van der Waals surface area contributed by atoms with Crippen LogP contribution in [0.2, 0.25) is 0 Å². The van der Waals surface area contributed by atoms with Crippen molar-refractivity contribution in [2.24, 2.45) is 0 Å². The quantitative estimate of drug-likeness (QED) is 0.480.